The van der Waals surface area contributed by atoms with Crippen LogP contribution in [-0.2, 0) is 0 Å². The fourth-order valence-electron chi connectivity index (χ4n) is 1.36. The Bertz CT molecular complexity index is 555. The molecule has 0 aliphatic rings. The van der Waals surface area contributed by atoms with Gasteiger partial charge in [0.2, 0.25) is 0 Å². The van der Waals surface area contributed by atoms with E-state index in [9.17, 15) is 5.11 Å². The van der Waals surface area contributed by atoms with Crippen LogP contribution >= 0.6 is 11.6 Å². The second-order valence-electron chi connectivity index (χ2n) is 3.62. The van der Waals surface area contributed by atoms with Crippen molar-refractivity contribution in [2.45, 2.75) is 6.10 Å². The maximum absolute atomic E-state index is 9.88. The van der Waals surface area contributed by atoms with Gasteiger partial charge in [0.05, 0.1) is 0 Å². The molecule has 0 bridgehead atoms. The monoisotopic (exact) mass is 322 g/mol. The number of benzene rings is 2. The van der Waals surface area contributed by atoms with E-state index < -0.39 is 6.10 Å². The summed E-state index contributed by atoms with van der Waals surface area (Å²) >= 11 is 5.86. The minimum absolute atomic E-state index is 0.0780. The quantitative estimate of drug-likeness (QED) is 0.665. The van der Waals surface area contributed by atoms with Crippen molar-refractivity contribution in [2.75, 3.05) is 0 Å². The molecule has 1 nitrogen and oxygen atoms in total. The van der Waals surface area contributed by atoms with Crippen molar-refractivity contribution >= 4 is 31.0 Å². The van der Waals surface area contributed by atoms with Gasteiger partial charge < -0.3 is 0 Å². The first kappa shape index (κ1) is 13.2. The Hall–Kier alpha value is -1.23. The first-order valence-corrected chi connectivity index (χ1v) is 7.51. The third-order valence-corrected chi connectivity index (χ3v) is 4.07. The Morgan fingerprint density at radius 2 is 1.67 bits per heavy atom. The molecular formula is C15H11ClOSe. The van der Waals surface area contributed by atoms with E-state index >= 15 is 0 Å². The van der Waals surface area contributed by atoms with Crippen LogP contribution in [0.5, 0.6) is 0 Å². The summed E-state index contributed by atoms with van der Waals surface area (Å²) in [6.45, 7) is 0. The Morgan fingerprint density at radius 3 is 2.33 bits per heavy atom. The Morgan fingerprint density at radius 1 is 1.00 bits per heavy atom. The summed E-state index contributed by atoms with van der Waals surface area (Å²) < 4.78 is 1.21. The Labute approximate surface area is 118 Å². The fourth-order valence-corrected chi connectivity index (χ4v) is 2.71. The molecule has 1 N–H and O–H groups in total. The molecule has 0 fully saturated rings. The molecule has 0 aliphatic heterocycles. The molecule has 0 radical (unpaired) electrons. The molecule has 0 saturated carbocycles. The van der Waals surface area contributed by atoms with Crippen LogP contribution in [0.1, 0.15) is 11.7 Å². The van der Waals surface area contributed by atoms with E-state index in [0.29, 0.717) is 5.02 Å². The van der Waals surface area contributed by atoms with Crippen molar-refractivity contribution in [3.63, 3.8) is 0 Å². The van der Waals surface area contributed by atoms with Crippen LogP contribution in [0.2, 0.25) is 5.02 Å². The average Bonchev–Trinajstić information content (AvgIpc) is 2.40. The zero-order valence-corrected chi connectivity index (χ0v) is 12.0. The van der Waals surface area contributed by atoms with Crippen molar-refractivity contribution in [3.05, 3.63) is 65.2 Å². The molecule has 0 heterocycles. The van der Waals surface area contributed by atoms with Crippen LogP contribution in [0, 0.1) is 10.7 Å². The Balaban J connectivity index is 2.00. The van der Waals surface area contributed by atoms with E-state index in [1.54, 1.807) is 24.3 Å². The molecule has 2 aromatic rings. The fraction of sp³-hybridized carbons (Fsp3) is 0.0667. The van der Waals surface area contributed by atoms with E-state index in [2.05, 4.69) is 10.7 Å². The summed E-state index contributed by atoms with van der Waals surface area (Å²) in [6, 6.07) is 17.1. The summed E-state index contributed by atoms with van der Waals surface area (Å²) in [6.07, 6.45) is -0.743. The van der Waals surface area contributed by atoms with Crippen LogP contribution in [0.25, 0.3) is 0 Å². The van der Waals surface area contributed by atoms with Crippen molar-refractivity contribution < 1.29 is 5.11 Å². The van der Waals surface area contributed by atoms with Gasteiger partial charge in [-0.2, -0.15) is 0 Å². The second kappa shape index (κ2) is 6.64. The van der Waals surface area contributed by atoms with Gasteiger partial charge in [-0.05, 0) is 0 Å². The molecule has 0 amide bonds. The van der Waals surface area contributed by atoms with Gasteiger partial charge in [0.1, 0.15) is 0 Å². The molecule has 0 saturated heterocycles. The van der Waals surface area contributed by atoms with Crippen LogP contribution in [0.15, 0.2) is 54.6 Å². The van der Waals surface area contributed by atoms with Crippen molar-refractivity contribution in [1.29, 1.82) is 0 Å². The van der Waals surface area contributed by atoms with E-state index in [0.717, 1.165) is 5.56 Å². The van der Waals surface area contributed by atoms with Gasteiger partial charge in [0.15, 0.2) is 0 Å². The summed E-state index contributed by atoms with van der Waals surface area (Å²) in [5.74, 6) is 2.86. The standard InChI is InChI=1S/C15H11ClOSe/c16-13-8-6-12(7-9-13)15(17)10-11-18-14-4-2-1-3-5-14/h1-9,15,17H. The van der Waals surface area contributed by atoms with Crippen molar-refractivity contribution in [2.24, 2.45) is 0 Å². The minimum atomic E-state index is -0.743. The van der Waals surface area contributed by atoms with Crippen LogP contribution in [0.3, 0.4) is 0 Å². The van der Waals surface area contributed by atoms with Gasteiger partial charge >= 0.3 is 118 Å². The molecule has 2 rings (SSSR count). The molecule has 0 aromatic heterocycles. The third-order valence-electron chi connectivity index (χ3n) is 2.29. The molecule has 90 valence electrons. The number of hydrogen-bond acceptors (Lipinski definition) is 1. The molecule has 1 atom stereocenters. The maximum atomic E-state index is 9.88. The predicted molar refractivity (Wildman–Crippen MR) is 76.0 cm³/mol. The number of aliphatic hydroxyl groups is 1. The molecule has 2 aromatic carbocycles. The zero-order valence-electron chi connectivity index (χ0n) is 9.51. The van der Waals surface area contributed by atoms with Gasteiger partial charge in [0, 0.05) is 0 Å². The molecule has 3 heteroatoms. The van der Waals surface area contributed by atoms with Crippen LogP contribution < -0.4 is 4.46 Å². The van der Waals surface area contributed by atoms with Gasteiger partial charge in [0.25, 0.3) is 0 Å². The Kier molecular flexibility index (Phi) is 4.87. The summed E-state index contributed by atoms with van der Waals surface area (Å²) in [5, 5.41) is 10.5. The van der Waals surface area contributed by atoms with E-state index in [1.165, 1.54) is 4.46 Å². The summed E-state index contributed by atoms with van der Waals surface area (Å²) in [4.78, 5) is 3.04. The van der Waals surface area contributed by atoms with E-state index in [-0.39, 0.29) is 15.0 Å². The van der Waals surface area contributed by atoms with E-state index in [4.69, 9.17) is 11.6 Å². The number of halogens is 1. The van der Waals surface area contributed by atoms with Crippen molar-refractivity contribution in [1.82, 2.24) is 0 Å². The van der Waals surface area contributed by atoms with Gasteiger partial charge in [-0.25, -0.2) is 0 Å². The van der Waals surface area contributed by atoms with Gasteiger partial charge in [-0.3, -0.25) is 0 Å². The zero-order chi connectivity index (χ0) is 12.8. The number of aliphatic hydroxyl groups excluding tert-OH is 1. The van der Waals surface area contributed by atoms with Gasteiger partial charge in [-0.15, -0.1) is 0 Å². The molecular weight excluding hydrogens is 311 g/mol. The molecule has 18 heavy (non-hydrogen) atoms. The number of hydrogen-bond donors (Lipinski definition) is 1. The van der Waals surface area contributed by atoms with Crippen molar-refractivity contribution in [3.8, 4) is 10.7 Å². The molecule has 0 spiro atoms. The average molecular weight is 322 g/mol. The van der Waals surface area contributed by atoms with E-state index in [1.807, 2.05) is 30.3 Å². The normalized spacial score (nSPS) is 11.4. The topological polar surface area (TPSA) is 20.2 Å². The second-order valence-corrected chi connectivity index (χ2v) is 5.90. The van der Waals surface area contributed by atoms with Crippen LogP contribution in [-0.4, -0.2) is 20.1 Å². The van der Waals surface area contributed by atoms with Crippen LogP contribution in [0.4, 0.5) is 0 Å². The SMILES string of the molecule is OC(C#C[Se]c1ccccc1)c1ccc(Cl)cc1. The first-order chi connectivity index (χ1) is 8.75. The number of rotatable bonds is 2. The van der Waals surface area contributed by atoms with Gasteiger partial charge in [-0.1, -0.05) is 0 Å². The first-order valence-electron chi connectivity index (χ1n) is 5.41. The third kappa shape index (κ3) is 3.91. The summed E-state index contributed by atoms with van der Waals surface area (Å²) in [7, 11) is 0. The molecule has 1 unspecified atom stereocenters. The predicted octanol–water partition coefficient (Wildman–Crippen LogP) is 2.36. The molecule has 0 aliphatic carbocycles. The summed E-state index contributed by atoms with van der Waals surface area (Å²) in [5.41, 5.74) is 0.774.